The molecule has 1 rings (SSSR count). The average Bonchev–Trinajstić information content (AvgIpc) is 2.37. The zero-order valence-electron chi connectivity index (χ0n) is 6.92. The van der Waals surface area contributed by atoms with Crippen LogP contribution in [0.4, 0.5) is 0 Å². The predicted octanol–water partition coefficient (Wildman–Crippen LogP) is -0.667. The van der Waals surface area contributed by atoms with Gasteiger partial charge in [-0.3, -0.25) is 14.4 Å². The Morgan fingerprint density at radius 3 is 3.08 bits per heavy atom. The second-order valence-corrected chi connectivity index (χ2v) is 2.65. The second-order valence-electron chi connectivity index (χ2n) is 2.65. The largest absolute Gasteiger partial charge is 0.342 e. The van der Waals surface area contributed by atoms with Crippen LogP contribution in [0.1, 0.15) is 19.8 Å². The molecule has 1 unspecified atom stereocenters. The van der Waals surface area contributed by atoms with Crippen molar-refractivity contribution in [2.75, 3.05) is 6.61 Å². The van der Waals surface area contributed by atoms with Crippen molar-refractivity contribution in [3.63, 3.8) is 0 Å². The van der Waals surface area contributed by atoms with Crippen molar-refractivity contribution in [2.24, 2.45) is 0 Å². The minimum Gasteiger partial charge on any atom is -0.342 e. The number of hydrogen-bond donors (Lipinski definition) is 2. The molecular formula is C7H12N2O3. The Hall–Kier alpha value is -1.10. The third-order valence-corrected chi connectivity index (χ3v) is 1.55. The monoisotopic (exact) mass is 172 g/mol. The van der Waals surface area contributed by atoms with E-state index in [2.05, 4.69) is 15.6 Å². The smallest absolute Gasteiger partial charge is 0.268 e. The van der Waals surface area contributed by atoms with E-state index < -0.39 is 6.04 Å². The maximum Gasteiger partial charge on any atom is 0.268 e. The number of amides is 2. The van der Waals surface area contributed by atoms with E-state index in [1.807, 2.05) is 6.92 Å². The van der Waals surface area contributed by atoms with Crippen LogP contribution in [0.5, 0.6) is 0 Å². The van der Waals surface area contributed by atoms with Gasteiger partial charge in [-0.2, -0.15) is 0 Å². The summed E-state index contributed by atoms with van der Waals surface area (Å²) in [6.45, 7) is 2.12. The average molecular weight is 172 g/mol. The standard InChI is InChI=1S/C7H12N2O3/c1-2-3-6(10)8-5-4-12-9-7(5)11/h5H,2-4H2,1H3,(H,8,10)(H,9,11). The van der Waals surface area contributed by atoms with Gasteiger partial charge in [-0.05, 0) is 6.42 Å². The number of carbonyl (C=O) groups is 2. The molecule has 5 heteroatoms. The van der Waals surface area contributed by atoms with Gasteiger partial charge in [0.1, 0.15) is 12.6 Å². The van der Waals surface area contributed by atoms with E-state index in [1.165, 1.54) is 0 Å². The fourth-order valence-electron chi connectivity index (χ4n) is 0.944. The van der Waals surface area contributed by atoms with Crippen LogP contribution in [-0.2, 0) is 14.4 Å². The first-order valence-corrected chi connectivity index (χ1v) is 3.95. The van der Waals surface area contributed by atoms with Gasteiger partial charge in [-0.15, -0.1) is 0 Å². The molecule has 1 fully saturated rings. The molecule has 2 amide bonds. The molecule has 5 nitrogen and oxygen atoms in total. The van der Waals surface area contributed by atoms with Gasteiger partial charge in [0.05, 0.1) is 0 Å². The van der Waals surface area contributed by atoms with Gasteiger partial charge in [-0.25, -0.2) is 5.48 Å². The molecule has 1 heterocycles. The zero-order valence-corrected chi connectivity index (χ0v) is 6.92. The van der Waals surface area contributed by atoms with Crippen LogP contribution in [-0.4, -0.2) is 24.5 Å². The van der Waals surface area contributed by atoms with Crippen molar-refractivity contribution >= 4 is 11.8 Å². The summed E-state index contributed by atoms with van der Waals surface area (Å²) in [5, 5.41) is 2.55. The third kappa shape index (κ3) is 2.20. The quantitative estimate of drug-likeness (QED) is 0.593. The van der Waals surface area contributed by atoms with E-state index in [-0.39, 0.29) is 18.4 Å². The molecule has 1 saturated heterocycles. The number of carbonyl (C=O) groups excluding carboxylic acids is 2. The highest BCUT2D eigenvalue weighted by atomic mass is 16.7. The molecule has 68 valence electrons. The van der Waals surface area contributed by atoms with Gasteiger partial charge in [0, 0.05) is 6.42 Å². The van der Waals surface area contributed by atoms with Crippen molar-refractivity contribution < 1.29 is 14.4 Å². The summed E-state index contributed by atoms with van der Waals surface area (Å²) < 4.78 is 0. The molecule has 0 saturated carbocycles. The van der Waals surface area contributed by atoms with Gasteiger partial charge >= 0.3 is 0 Å². The van der Waals surface area contributed by atoms with Crippen molar-refractivity contribution in [2.45, 2.75) is 25.8 Å². The third-order valence-electron chi connectivity index (χ3n) is 1.55. The summed E-state index contributed by atoms with van der Waals surface area (Å²) in [6, 6.07) is -0.510. The van der Waals surface area contributed by atoms with Crippen molar-refractivity contribution in [1.29, 1.82) is 0 Å². The highest BCUT2D eigenvalue weighted by Gasteiger charge is 2.26. The summed E-state index contributed by atoms with van der Waals surface area (Å²) in [6.07, 6.45) is 1.23. The first kappa shape index (κ1) is 8.99. The highest BCUT2D eigenvalue weighted by molar-refractivity contribution is 5.88. The lowest BCUT2D eigenvalue weighted by Crippen LogP contribution is -2.41. The molecule has 1 atom stereocenters. The molecule has 0 spiro atoms. The minimum absolute atomic E-state index is 0.108. The molecular weight excluding hydrogens is 160 g/mol. The minimum atomic E-state index is -0.510. The van der Waals surface area contributed by atoms with Crippen molar-refractivity contribution in [3.05, 3.63) is 0 Å². The van der Waals surface area contributed by atoms with E-state index in [0.717, 1.165) is 6.42 Å². The van der Waals surface area contributed by atoms with Crippen LogP contribution in [0.2, 0.25) is 0 Å². The lowest BCUT2D eigenvalue weighted by molar-refractivity contribution is -0.128. The van der Waals surface area contributed by atoms with Crippen LogP contribution in [0.25, 0.3) is 0 Å². The van der Waals surface area contributed by atoms with E-state index >= 15 is 0 Å². The Bertz CT molecular complexity index is 193. The molecule has 0 aromatic rings. The van der Waals surface area contributed by atoms with Crippen LogP contribution in [0, 0.1) is 0 Å². The first-order valence-electron chi connectivity index (χ1n) is 3.95. The van der Waals surface area contributed by atoms with Gasteiger partial charge in [0.2, 0.25) is 5.91 Å². The second kappa shape index (κ2) is 4.06. The lowest BCUT2D eigenvalue weighted by atomic mass is 10.2. The maximum atomic E-state index is 11.0. The summed E-state index contributed by atoms with van der Waals surface area (Å²) in [4.78, 5) is 26.5. The Labute approximate surface area is 70.4 Å². The van der Waals surface area contributed by atoms with E-state index in [4.69, 9.17) is 0 Å². The van der Waals surface area contributed by atoms with Gasteiger partial charge in [0.15, 0.2) is 0 Å². The molecule has 1 aliphatic rings. The van der Waals surface area contributed by atoms with Gasteiger partial charge < -0.3 is 5.32 Å². The Kier molecular flexibility index (Phi) is 3.04. The topological polar surface area (TPSA) is 67.4 Å². The number of nitrogens with one attached hydrogen (secondary N) is 2. The van der Waals surface area contributed by atoms with Crippen LogP contribution in [0.15, 0.2) is 0 Å². The molecule has 0 aliphatic carbocycles. The fraction of sp³-hybridized carbons (Fsp3) is 0.714. The molecule has 0 aromatic carbocycles. The Balaban J connectivity index is 2.30. The van der Waals surface area contributed by atoms with Crippen LogP contribution in [0.3, 0.4) is 0 Å². The molecule has 0 radical (unpaired) electrons. The van der Waals surface area contributed by atoms with Crippen LogP contribution >= 0.6 is 0 Å². The molecule has 12 heavy (non-hydrogen) atoms. The summed E-state index contributed by atoms with van der Waals surface area (Å²) in [5.41, 5.74) is 2.16. The number of hydrogen-bond acceptors (Lipinski definition) is 3. The first-order chi connectivity index (χ1) is 5.74. The van der Waals surface area contributed by atoms with Crippen LogP contribution < -0.4 is 10.8 Å². The Morgan fingerprint density at radius 1 is 1.83 bits per heavy atom. The molecule has 0 bridgehead atoms. The van der Waals surface area contributed by atoms with Crippen molar-refractivity contribution in [3.8, 4) is 0 Å². The SMILES string of the molecule is CCCC(=O)NC1CONC1=O. The maximum absolute atomic E-state index is 11.0. The number of rotatable bonds is 3. The van der Waals surface area contributed by atoms with E-state index in [9.17, 15) is 9.59 Å². The summed E-state index contributed by atoms with van der Waals surface area (Å²) in [5.74, 6) is -0.386. The van der Waals surface area contributed by atoms with E-state index in [1.54, 1.807) is 0 Å². The predicted molar refractivity (Wildman–Crippen MR) is 40.9 cm³/mol. The summed E-state index contributed by atoms with van der Waals surface area (Å²) >= 11 is 0. The van der Waals surface area contributed by atoms with Gasteiger partial charge in [0.25, 0.3) is 5.91 Å². The molecule has 1 aliphatic heterocycles. The van der Waals surface area contributed by atoms with Gasteiger partial charge in [-0.1, -0.05) is 6.92 Å². The zero-order chi connectivity index (χ0) is 8.97. The molecule has 2 N–H and O–H groups in total. The highest BCUT2D eigenvalue weighted by Crippen LogP contribution is 1.95. The lowest BCUT2D eigenvalue weighted by Gasteiger charge is -2.06. The summed E-state index contributed by atoms with van der Waals surface area (Å²) in [7, 11) is 0. The van der Waals surface area contributed by atoms with Crippen molar-refractivity contribution in [1.82, 2.24) is 10.8 Å². The molecule has 0 aromatic heterocycles. The Morgan fingerprint density at radius 2 is 2.58 bits per heavy atom. The van der Waals surface area contributed by atoms with E-state index in [0.29, 0.717) is 6.42 Å². The number of hydroxylamine groups is 1. The fourth-order valence-corrected chi connectivity index (χ4v) is 0.944. The normalized spacial score (nSPS) is 22.1.